The molecule has 112 valence electrons. The predicted octanol–water partition coefficient (Wildman–Crippen LogP) is 3.42. The van der Waals surface area contributed by atoms with Crippen molar-refractivity contribution in [2.75, 3.05) is 26.2 Å². The maximum absolute atomic E-state index is 5.88. The van der Waals surface area contributed by atoms with Crippen LogP contribution in [0.3, 0.4) is 0 Å². The number of rotatable bonds is 7. The van der Waals surface area contributed by atoms with E-state index in [0.717, 1.165) is 29.9 Å². The van der Waals surface area contributed by atoms with Gasteiger partial charge in [-0.1, -0.05) is 29.8 Å². The predicted molar refractivity (Wildman–Crippen MR) is 87.3 cm³/mol. The summed E-state index contributed by atoms with van der Waals surface area (Å²) in [6, 6.07) is 6.72. The second-order valence-corrected chi connectivity index (χ2v) is 6.54. The van der Waals surface area contributed by atoms with E-state index in [4.69, 9.17) is 4.74 Å². The first kappa shape index (κ1) is 15.8. The second kappa shape index (κ2) is 8.01. The van der Waals surface area contributed by atoms with E-state index < -0.39 is 0 Å². The summed E-state index contributed by atoms with van der Waals surface area (Å²) in [7, 11) is 0. The second-order valence-electron chi connectivity index (χ2n) is 5.69. The van der Waals surface area contributed by atoms with Gasteiger partial charge in [-0.25, -0.2) is 0 Å². The number of ether oxygens (including phenoxy) is 1. The molecule has 0 bridgehead atoms. The topological polar surface area (TPSA) is 24.5 Å². The van der Waals surface area contributed by atoms with Gasteiger partial charge in [-0.2, -0.15) is 0 Å². The van der Waals surface area contributed by atoms with Gasteiger partial charge in [0.15, 0.2) is 0 Å². The van der Waals surface area contributed by atoms with Crippen LogP contribution >= 0.6 is 15.9 Å². The van der Waals surface area contributed by atoms with Crippen molar-refractivity contribution in [1.29, 1.82) is 0 Å². The Kier molecular flexibility index (Phi) is 6.33. The molecule has 1 aromatic carbocycles. The van der Waals surface area contributed by atoms with Crippen molar-refractivity contribution in [2.24, 2.45) is 0 Å². The molecular weight excluding hydrogens is 316 g/mol. The SMILES string of the molecule is CC(C)NCc1cc(OCCN2CCCC2)ccc1Br. The minimum Gasteiger partial charge on any atom is -0.492 e. The van der Waals surface area contributed by atoms with Gasteiger partial charge in [0.05, 0.1) is 0 Å². The number of nitrogens with zero attached hydrogens (tertiary/aromatic N) is 1. The fraction of sp³-hybridized carbons (Fsp3) is 0.625. The van der Waals surface area contributed by atoms with Crippen molar-refractivity contribution in [3.63, 3.8) is 0 Å². The normalized spacial score (nSPS) is 16.0. The van der Waals surface area contributed by atoms with E-state index in [0.29, 0.717) is 6.04 Å². The summed E-state index contributed by atoms with van der Waals surface area (Å²) in [5, 5.41) is 3.44. The van der Waals surface area contributed by atoms with Crippen LogP contribution in [0.5, 0.6) is 5.75 Å². The van der Waals surface area contributed by atoms with Gasteiger partial charge in [0.25, 0.3) is 0 Å². The number of halogens is 1. The fourth-order valence-corrected chi connectivity index (χ4v) is 2.78. The monoisotopic (exact) mass is 340 g/mol. The Morgan fingerprint density at radius 2 is 2.05 bits per heavy atom. The molecule has 0 unspecified atom stereocenters. The zero-order valence-corrected chi connectivity index (χ0v) is 14.1. The first-order valence-corrected chi connectivity index (χ1v) is 8.31. The smallest absolute Gasteiger partial charge is 0.119 e. The summed E-state index contributed by atoms with van der Waals surface area (Å²) >= 11 is 3.60. The van der Waals surface area contributed by atoms with Crippen LogP contribution < -0.4 is 10.1 Å². The Bertz CT molecular complexity index is 417. The van der Waals surface area contributed by atoms with Gasteiger partial charge in [0, 0.05) is 23.6 Å². The van der Waals surface area contributed by atoms with E-state index in [-0.39, 0.29) is 0 Å². The molecule has 0 atom stereocenters. The Labute approximate surface area is 130 Å². The molecule has 0 radical (unpaired) electrons. The van der Waals surface area contributed by atoms with E-state index in [1.54, 1.807) is 0 Å². The summed E-state index contributed by atoms with van der Waals surface area (Å²) in [5.41, 5.74) is 1.25. The molecule has 1 aromatic rings. The van der Waals surface area contributed by atoms with Crippen LogP contribution in [0.2, 0.25) is 0 Å². The number of nitrogens with one attached hydrogen (secondary N) is 1. The van der Waals surface area contributed by atoms with Gasteiger partial charge in [-0.15, -0.1) is 0 Å². The Hall–Kier alpha value is -0.580. The zero-order valence-electron chi connectivity index (χ0n) is 12.5. The molecule has 1 fully saturated rings. The van der Waals surface area contributed by atoms with Crippen LogP contribution in [-0.2, 0) is 6.54 Å². The van der Waals surface area contributed by atoms with Crippen molar-refractivity contribution >= 4 is 15.9 Å². The number of hydrogen-bond donors (Lipinski definition) is 1. The average molecular weight is 341 g/mol. The highest BCUT2D eigenvalue weighted by Gasteiger charge is 2.11. The van der Waals surface area contributed by atoms with Gasteiger partial charge in [0.1, 0.15) is 12.4 Å². The van der Waals surface area contributed by atoms with Crippen LogP contribution in [0, 0.1) is 0 Å². The molecule has 1 aliphatic rings. The van der Waals surface area contributed by atoms with Gasteiger partial charge in [0.2, 0.25) is 0 Å². The van der Waals surface area contributed by atoms with Gasteiger partial charge in [-0.05, 0) is 49.7 Å². The van der Waals surface area contributed by atoms with E-state index in [2.05, 4.69) is 52.1 Å². The lowest BCUT2D eigenvalue weighted by Crippen LogP contribution is -2.25. The van der Waals surface area contributed by atoms with Crippen LogP contribution in [0.25, 0.3) is 0 Å². The average Bonchev–Trinajstić information content (AvgIpc) is 2.92. The molecule has 1 N–H and O–H groups in total. The van der Waals surface area contributed by atoms with Gasteiger partial charge >= 0.3 is 0 Å². The number of likely N-dealkylation sites (tertiary alicyclic amines) is 1. The fourth-order valence-electron chi connectivity index (χ4n) is 2.39. The molecule has 1 heterocycles. The summed E-state index contributed by atoms with van der Waals surface area (Å²) in [5.74, 6) is 0.966. The Morgan fingerprint density at radius 1 is 1.30 bits per heavy atom. The zero-order chi connectivity index (χ0) is 14.4. The van der Waals surface area contributed by atoms with Crippen LogP contribution in [0.4, 0.5) is 0 Å². The van der Waals surface area contributed by atoms with Crippen molar-refractivity contribution in [1.82, 2.24) is 10.2 Å². The lowest BCUT2D eigenvalue weighted by atomic mass is 10.2. The summed E-state index contributed by atoms with van der Waals surface area (Å²) in [4.78, 5) is 2.47. The molecule has 2 rings (SSSR count). The standard InChI is InChI=1S/C16H25BrN2O/c1-13(2)18-12-14-11-15(5-6-16(14)17)20-10-9-19-7-3-4-8-19/h5-6,11,13,18H,3-4,7-10,12H2,1-2H3. The van der Waals surface area contributed by atoms with Gasteiger partial charge < -0.3 is 10.1 Å². The maximum Gasteiger partial charge on any atom is 0.119 e. The van der Waals surface area contributed by atoms with E-state index >= 15 is 0 Å². The molecule has 0 saturated carbocycles. The highest BCUT2D eigenvalue weighted by atomic mass is 79.9. The van der Waals surface area contributed by atoms with Crippen molar-refractivity contribution in [2.45, 2.75) is 39.3 Å². The van der Waals surface area contributed by atoms with Crippen LogP contribution in [0.1, 0.15) is 32.3 Å². The van der Waals surface area contributed by atoms with Crippen molar-refractivity contribution in [3.8, 4) is 5.75 Å². The summed E-state index contributed by atoms with van der Waals surface area (Å²) in [6.45, 7) is 9.45. The molecule has 20 heavy (non-hydrogen) atoms. The minimum absolute atomic E-state index is 0.488. The van der Waals surface area contributed by atoms with E-state index in [1.807, 2.05) is 6.07 Å². The number of benzene rings is 1. The summed E-state index contributed by atoms with van der Waals surface area (Å²) < 4.78 is 7.02. The largest absolute Gasteiger partial charge is 0.492 e. The molecule has 0 aliphatic carbocycles. The van der Waals surface area contributed by atoms with E-state index in [9.17, 15) is 0 Å². The Balaban J connectivity index is 1.82. The van der Waals surface area contributed by atoms with Gasteiger partial charge in [-0.3, -0.25) is 4.90 Å². The quantitative estimate of drug-likeness (QED) is 0.822. The third kappa shape index (κ3) is 5.08. The molecule has 0 aromatic heterocycles. The van der Waals surface area contributed by atoms with Crippen molar-refractivity contribution in [3.05, 3.63) is 28.2 Å². The molecular formula is C16H25BrN2O. The molecule has 4 heteroatoms. The molecule has 1 saturated heterocycles. The molecule has 0 amide bonds. The third-order valence-electron chi connectivity index (χ3n) is 3.59. The lowest BCUT2D eigenvalue weighted by molar-refractivity contribution is 0.237. The maximum atomic E-state index is 5.88. The first-order chi connectivity index (χ1) is 9.65. The molecule has 0 spiro atoms. The first-order valence-electron chi connectivity index (χ1n) is 7.52. The van der Waals surface area contributed by atoms with Crippen LogP contribution in [0.15, 0.2) is 22.7 Å². The third-order valence-corrected chi connectivity index (χ3v) is 4.37. The highest BCUT2D eigenvalue weighted by Crippen LogP contribution is 2.22. The molecule has 1 aliphatic heterocycles. The van der Waals surface area contributed by atoms with Crippen molar-refractivity contribution < 1.29 is 4.74 Å². The lowest BCUT2D eigenvalue weighted by Gasteiger charge is -2.16. The Morgan fingerprint density at radius 3 is 2.75 bits per heavy atom. The highest BCUT2D eigenvalue weighted by molar-refractivity contribution is 9.10. The molecule has 3 nitrogen and oxygen atoms in total. The van der Waals surface area contributed by atoms with Crippen LogP contribution in [-0.4, -0.2) is 37.2 Å². The number of hydrogen-bond acceptors (Lipinski definition) is 3. The van der Waals surface area contributed by atoms with E-state index in [1.165, 1.54) is 31.5 Å². The minimum atomic E-state index is 0.488. The summed E-state index contributed by atoms with van der Waals surface area (Å²) in [6.07, 6.45) is 2.67.